The summed E-state index contributed by atoms with van der Waals surface area (Å²) < 4.78 is 18.4. The van der Waals surface area contributed by atoms with Gasteiger partial charge in [0.25, 0.3) is 0 Å². The Bertz CT molecular complexity index is 1130. The maximum atomic E-state index is 13.7. The van der Waals surface area contributed by atoms with Crippen LogP contribution in [-0.2, 0) is 19.1 Å². The number of esters is 1. The number of aromatic nitrogens is 2. The molecule has 2 heterocycles. The Morgan fingerprint density at radius 3 is 2.56 bits per heavy atom. The van der Waals surface area contributed by atoms with E-state index in [4.69, 9.17) is 19.2 Å². The van der Waals surface area contributed by atoms with E-state index in [1.165, 1.54) is 4.90 Å². The van der Waals surface area contributed by atoms with Crippen LogP contribution in [0.4, 0.5) is 5.95 Å². The molecule has 2 aromatic carbocycles. The molecule has 1 amide bonds. The molecule has 0 radical (unpaired) electrons. The summed E-state index contributed by atoms with van der Waals surface area (Å²) in [6, 6.07) is 14.5. The first-order valence-corrected chi connectivity index (χ1v) is 10.8. The van der Waals surface area contributed by atoms with Gasteiger partial charge in [0.15, 0.2) is 5.92 Å². The Morgan fingerprint density at radius 1 is 1.06 bits per heavy atom. The molecule has 32 heavy (non-hydrogen) atoms. The van der Waals surface area contributed by atoms with Crippen molar-refractivity contribution in [2.24, 2.45) is 5.92 Å². The van der Waals surface area contributed by atoms with Crippen molar-refractivity contribution in [2.75, 3.05) is 38.4 Å². The summed E-state index contributed by atoms with van der Waals surface area (Å²) in [5.41, 5.74) is 2.29. The van der Waals surface area contributed by atoms with Crippen LogP contribution in [0.3, 0.4) is 0 Å². The van der Waals surface area contributed by atoms with Crippen molar-refractivity contribution in [3.8, 4) is 5.75 Å². The number of para-hydroxylation sites is 3. The van der Waals surface area contributed by atoms with E-state index in [9.17, 15) is 9.59 Å². The zero-order valence-corrected chi connectivity index (χ0v) is 18.5. The van der Waals surface area contributed by atoms with Gasteiger partial charge >= 0.3 is 5.97 Å². The largest absolute Gasteiger partial charge is 0.494 e. The molecule has 1 aromatic heterocycles. The fourth-order valence-corrected chi connectivity index (χ4v) is 4.23. The van der Waals surface area contributed by atoms with Gasteiger partial charge in [-0.05, 0) is 32.0 Å². The number of hydrogen-bond acceptors (Lipinski definition) is 6. The second kappa shape index (κ2) is 9.40. The SMILES string of the molecule is CCOC(=O)C1C(=O)N(CCOC)c2nc3ccccc3n2C1c1ccccc1OCC. The molecule has 8 nitrogen and oxygen atoms in total. The number of nitrogens with zero attached hydrogens (tertiary/aromatic N) is 3. The van der Waals surface area contributed by atoms with Gasteiger partial charge in [-0.2, -0.15) is 0 Å². The highest BCUT2D eigenvalue weighted by Crippen LogP contribution is 2.43. The highest BCUT2D eigenvalue weighted by molar-refractivity contribution is 6.08. The number of amides is 1. The van der Waals surface area contributed by atoms with Gasteiger partial charge in [-0.25, -0.2) is 4.98 Å². The van der Waals surface area contributed by atoms with Gasteiger partial charge < -0.3 is 18.8 Å². The number of methoxy groups -OCH3 is 1. The van der Waals surface area contributed by atoms with E-state index in [0.717, 1.165) is 16.6 Å². The molecule has 168 valence electrons. The molecule has 1 aliphatic rings. The third-order valence-corrected chi connectivity index (χ3v) is 5.54. The summed E-state index contributed by atoms with van der Waals surface area (Å²) in [6.07, 6.45) is 0. The van der Waals surface area contributed by atoms with Crippen molar-refractivity contribution in [1.29, 1.82) is 0 Å². The van der Waals surface area contributed by atoms with Crippen LogP contribution in [0.15, 0.2) is 48.5 Å². The van der Waals surface area contributed by atoms with Crippen molar-refractivity contribution in [1.82, 2.24) is 9.55 Å². The van der Waals surface area contributed by atoms with E-state index >= 15 is 0 Å². The number of rotatable bonds is 8. The van der Waals surface area contributed by atoms with Crippen LogP contribution < -0.4 is 9.64 Å². The summed E-state index contributed by atoms with van der Waals surface area (Å²) >= 11 is 0. The van der Waals surface area contributed by atoms with Crippen LogP contribution >= 0.6 is 0 Å². The van der Waals surface area contributed by atoms with Crippen molar-refractivity contribution in [2.45, 2.75) is 19.9 Å². The van der Waals surface area contributed by atoms with Crippen molar-refractivity contribution < 1.29 is 23.8 Å². The van der Waals surface area contributed by atoms with Gasteiger partial charge in [0.1, 0.15) is 5.75 Å². The molecule has 8 heteroatoms. The molecule has 0 aliphatic carbocycles. The van der Waals surface area contributed by atoms with Gasteiger partial charge in [0, 0.05) is 12.7 Å². The Hall–Kier alpha value is -3.39. The van der Waals surface area contributed by atoms with Gasteiger partial charge in [-0.1, -0.05) is 30.3 Å². The lowest BCUT2D eigenvalue weighted by atomic mass is 9.89. The van der Waals surface area contributed by atoms with Crippen LogP contribution in [-0.4, -0.2) is 54.9 Å². The molecule has 4 rings (SSSR count). The topological polar surface area (TPSA) is 82.9 Å². The van der Waals surface area contributed by atoms with Crippen molar-refractivity contribution in [3.05, 3.63) is 54.1 Å². The predicted octanol–water partition coefficient (Wildman–Crippen LogP) is 3.20. The number of carbonyl (C=O) groups is 2. The Labute approximate surface area is 186 Å². The van der Waals surface area contributed by atoms with Crippen LogP contribution in [0.25, 0.3) is 11.0 Å². The first-order valence-electron chi connectivity index (χ1n) is 10.8. The van der Waals surface area contributed by atoms with E-state index in [-0.39, 0.29) is 19.1 Å². The van der Waals surface area contributed by atoms with E-state index < -0.39 is 17.9 Å². The summed E-state index contributed by atoms with van der Waals surface area (Å²) in [4.78, 5) is 33.2. The van der Waals surface area contributed by atoms with E-state index in [0.29, 0.717) is 24.9 Å². The minimum absolute atomic E-state index is 0.179. The Morgan fingerprint density at radius 2 is 1.81 bits per heavy atom. The molecule has 2 atom stereocenters. The molecule has 1 aliphatic heterocycles. The summed E-state index contributed by atoms with van der Waals surface area (Å²) in [6.45, 7) is 4.85. The van der Waals surface area contributed by atoms with E-state index in [1.807, 2.05) is 60.0 Å². The number of ether oxygens (including phenoxy) is 3. The van der Waals surface area contributed by atoms with Gasteiger partial charge in [0.05, 0.1) is 43.4 Å². The third-order valence-electron chi connectivity index (χ3n) is 5.54. The maximum absolute atomic E-state index is 13.7. The molecule has 0 saturated carbocycles. The van der Waals surface area contributed by atoms with E-state index in [2.05, 4.69) is 0 Å². The number of anilines is 1. The smallest absolute Gasteiger partial charge is 0.321 e. The Balaban J connectivity index is 2.00. The zero-order valence-electron chi connectivity index (χ0n) is 18.5. The second-order valence-electron chi connectivity index (χ2n) is 7.40. The number of carbonyl (C=O) groups excluding carboxylic acids is 2. The van der Waals surface area contributed by atoms with Crippen LogP contribution in [0.2, 0.25) is 0 Å². The quantitative estimate of drug-likeness (QED) is 0.398. The lowest BCUT2D eigenvalue weighted by Gasteiger charge is -2.38. The average molecular weight is 437 g/mol. The number of hydrogen-bond donors (Lipinski definition) is 0. The fraction of sp³-hybridized carbons (Fsp3) is 0.375. The van der Waals surface area contributed by atoms with Gasteiger partial charge in [0.2, 0.25) is 11.9 Å². The summed E-state index contributed by atoms with van der Waals surface area (Å²) in [5, 5.41) is 0. The minimum atomic E-state index is -1.08. The normalized spacial score (nSPS) is 18.0. The highest BCUT2D eigenvalue weighted by atomic mass is 16.5. The standard InChI is InChI=1S/C24H27N3O5/c1-4-31-19-13-9-6-10-16(19)21-20(23(29)32-5-2)22(28)26(14-15-30-3)24-25-17-11-7-8-12-18(17)27(21)24/h6-13,20-21H,4-5,14-15H2,1-3H3. The fourth-order valence-electron chi connectivity index (χ4n) is 4.23. The molecular formula is C24H27N3O5. The average Bonchev–Trinajstić information content (AvgIpc) is 3.18. The molecule has 0 saturated heterocycles. The van der Waals surface area contributed by atoms with E-state index in [1.54, 1.807) is 14.0 Å². The van der Waals surface area contributed by atoms with Gasteiger partial charge in [-0.15, -0.1) is 0 Å². The number of fused-ring (bicyclic) bond motifs is 3. The first kappa shape index (κ1) is 21.8. The van der Waals surface area contributed by atoms with Crippen molar-refractivity contribution in [3.63, 3.8) is 0 Å². The lowest BCUT2D eigenvalue weighted by Crippen LogP contribution is -2.51. The van der Waals surface area contributed by atoms with Crippen LogP contribution in [0.5, 0.6) is 5.75 Å². The Kier molecular flexibility index (Phi) is 6.41. The second-order valence-corrected chi connectivity index (χ2v) is 7.40. The predicted molar refractivity (Wildman–Crippen MR) is 120 cm³/mol. The molecule has 0 bridgehead atoms. The number of benzene rings is 2. The minimum Gasteiger partial charge on any atom is -0.494 e. The third kappa shape index (κ3) is 3.71. The van der Waals surface area contributed by atoms with Crippen molar-refractivity contribution >= 4 is 28.9 Å². The monoisotopic (exact) mass is 437 g/mol. The molecule has 0 spiro atoms. The van der Waals surface area contributed by atoms with Crippen LogP contribution in [0, 0.1) is 5.92 Å². The van der Waals surface area contributed by atoms with Gasteiger partial charge in [-0.3, -0.25) is 14.5 Å². The number of imidazole rings is 1. The highest BCUT2D eigenvalue weighted by Gasteiger charge is 2.48. The first-order chi connectivity index (χ1) is 15.6. The molecule has 2 unspecified atom stereocenters. The molecule has 3 aromatic rings. The lowest BCUT2D eigenvalue weighted by molar-refractivity contribution is -0.153. The zero-order chi connectivity index (χ0) is 22.7. The molecule has 0 fully saturated rings. The molecular weight excluding hydrogens is 410 g/mol. The molecule has 0 N–H and O–H groups in total. The van der Waals surface area contributed by atoms with Crippen LogP contribution in [0.1, 0.15) is 25.5 Å². The maximum Gasteiger partial charge on any atom is 0.321 e. The summed E-state index contributed by atoms with van der Waals surface area (Å²) in [7, 11) is 1.57. The summed E-state index contributed by atoms with van der Waals surface area (Å²) in [5.74, 6) is -0.918.